The molecule has 2 aromatic rings. The Labute approximate surface area is 131 Å². The van der Waals surface area contributed by atoms with Crippen LogP contribution < -0.4 is 4.72 Å². The van der Waals surface area contributed by atoms with E-state index in [9.17, 15) is 8.42 Å². The van der Waals surface area contributed by atoms with Gasteiger partial charge in [0, 0.05) is 18.2 Å². The Bertz CT molecular complexity index is 781. The summed E-state index contributed by atoms with van der Waals surface area (Å²) in [6, 6.07) is -0.178. The van der Waals surface area contributed by atoms with Crippen LogP contribution in [-0.4, -0.2) is 36.6 Å². The predicted octanol–water partition coefficient (Wildman–Crippen LogP) is 1.89. The number of ether oxygens (including phenoxy) is 1. The van der Waals surface area contributed by atoms with E-state index in [0.717, 1.165) is 12.8 Å². The summed E-state index contributed by atoms with van der Waals surface area (Å²) < 4.78 is 35.3. The van der Waals surface area contributed by atoms with Crippen LogP contribution in [0.1, 0.15) is 19.3 Å². The highest BCUT2D eigenvalue weighted by Crippen LogP contribution is 2.39. The number of sulfonamides is 1. The molecular weight excluding hydrogens is 334 g/mol. The highest BCUT2D eigenvalue weighted by molar-refractivity contribution is 7.89. The van der Waals surface area contributed by atoms with Crippen molar-refractivity contribution in [1.82, 2.24) is 14.1 Å². The normalized spacial score (nSPS) is 26.7. The van der Waals surface area contributed by atoms with Crippen molar-refractivity contribution in [3.05, 3.63) is 16.7 Å². The summed E-state index contributed by atoms with van der Waals surface area (Å²) in [5, 5.41) is 1.81. The van der Waals surface area contributed by atoms with Crippen LogP contribution in [0.4, 0.5) is 0 Å². The van der Waals surface area contributed by atoms with Gasteiger partial charge in [-0.25, -0.2) is 18.1 Å². The van der Waals surface area contributed by atoms with E-state index >= 15 is 0 Å². The van der Waals surface area contributed by atoms with Gasteiger partial charge in [-0.2, -0.15) is 0 Å². The summed E-state index contributed by atoms with van der Waals surface area (Å²) in [6.07, 6.45) is 4.58. The zero-order valence-corrected chi connectivity index (χ0v) is 13.4. The number of nitrogens with zero attached hydrogens (tertiary/aromatic N) is 2. The molecule has 3 heterocycles. The van der Waals surface area contributed by atoms with Crippen molar-refractivity contribution < 1.29 is 13.2 Å². The Hall–Kier alpha value is -0.670. The first-order valence-electron chi connectivity index (χ1n) is 6.81. The molecule has 6 nitrogen and oxygen atoms in total. The molecule has 0 spiro atoms. The molecule has 4 rings (SSSR count). The molecule has 0 radical (unpaired) electrons. The summed E-state index contributed by atoms with van der Waals surface area (Å²) in [6.45, 7) is 0.600. The third kappa shape index (κ3) is 2.39. The lowest BCUT2D eigenvalue weighted by Crippen LogP contribution is -2.41. The molecule has 1 aliphatic carbocycles. The Morgan fingerprint density at radius 2 is 2.24 bits per heavy atom. The minimum absolute atomic E-state index is 0.00978. The number of fused-ring (bicyclic) bond motifs is 1. The number of nitrogens with one attached hydrogen (secondary N) is 1. The van der Waals surface area contributed by atoms with Crippen LogP contribution in [-0.2, 0) is 14.8 Å². The van der Waals surface area contributed by atoms with Gasteiger partial charge >= 0.3 is 0 Å². The largest absolute Gasteiger partial charge is 0.376 e. The van der Waals surface area contributed by atoms with E-state index in [4.69, 9.17) is 16.3 Å². The van der Waals surface area contributed by atoms with Gasteiger partial charge in [0.2, 0.25) is 0 Å². The van der Waals surface area contributed by atoms with Crippen molar-refractivity contribution in [3.8, 4) is 0 Å². The molecule has 2 atom stereocenters. The van der Waals surface area contributed by atoms with E-state index in [-0.39, 0.29) is 22.3 Å². The molecule has 1 aliphatic heterocycles. The lowest BCUT2D eigenvalue weighted by molar-refractivity contribution is 0.0848. The number of hydrogen-bond donors (Lipinski definition) is 1. The summed E-state index contributed by atoms with van der Waals surface area (Å²) >= 11 is 7.36. The molecule has 2 aliphatic rings. The van der Waals surface area contributed by atoms with Crippen molar-refractivity contribution in [3.63, 3.8) is 0 Å². The molecule has 2 aromatic heterocycles. The van der Waals surface area contributed by atoms with E-state index < -0.39 is 10.0 Å². The zero-order valence-electron chi connectivity index (χ0n) is 11.0. The first-order valence-corrected chi connectivity index (χ1v) is 9.55. The maximum Gasteiger partial charge on any atom is 0.260 e. The maximum absolute atomic E-state index is 12.7. The molecule has 2 fully saturated rings. The van der Waals surface area contributed by atoms with Crippen molar-refractivity contribution in [1.29, 1.82) is 0 Å². The number of imidazole rings is 1. The van der Waals surface area contributed by atoms with Gasteiger partial charge in [0.1, 0.15) is 0 Å². The number of rotatable bonds is 4. The first kappa shape index (κ1) is 14.0. The Kier molecular flexibility index (Phi) is 3.27. The van der Waals surface area contributed by atoms with Gasteiger partial charge in [-0.05, 0) is 25.2 Å². The highest BCUT2D eigenvalue weighted by Gasteiger charge is 2.43. The second kappa shape index (κ2) is 4.92. The second-order valence-corrected chi connectivity index (χ2v) is 8.31. The molecule has 1 saturated carbocycles. The average Bonchev–Trinajstić information content (AvgIpc) is 2.83. The summed E-state index contributed by atoms with van der Waals surface area (Å²) in [4.78, 5) is 4.65. The van der Waals surface area contributed by atoms with Crippen LogP contribution in [0, 0.1) is 5.92 Å². The number of hydrogen-bond acceptors (Lipinski definition) is 5. The van der Waals surface area contributed by atoms with Crippen molar-refractivity contribution >= 4 is 37.9 Å². The van der Waals surface area contributed by atoms with Gasteiger partial charge in [0.15, 0.2) is 15.1 Å². The highest BCUT2D eigenvalue weighted by atomic mass is 35.5. The van der Waals surface area contributed by atoms with Gasteiger partial charge < -0.3 is 4.74 Å². The van der Waals surface area contributed by atoms with Gasteiger partial charge in [0.25, 0.3) is 10.0 Å². The zero-order chi connectivity index (χ0) is 14.6. The Morgan fingerprint density at radius 3 is 3.00 bits per heavy atom. The quantitative estimate of drug-likeness (QED) is 0.916. The number of aromatic nitrogens is 2. The first-order chi connectivity index (χ1) is 10.1. The Morgan fingerprint density at radius 1 is 1.43 bits per heavy atom. The molecule has 114 valence electrons. The van der Waals surface area contributed by atoms with Crippen LogP contribution in [0.2, 0.25) is 5.15 Å². The van der Waals surface area contributed by atoms with E-state index in [1.165, 1.54) is 15.7 Å². The standard InChI is InChI=1S/C12H14ClN3O3S2/c13-10-11(16-4-6-20-12(16)14-10)21(17,18)15-8-3-5-19-9(8)7-1-2-7/h4,6-9,15H,1-3,5H2. The van der Waals surface area contributed by atoms with Gasteiger partial charge in [-0.15, -0.1) is 11.3 Å². The number of halogens is 1. The molecule has 1 N–H and O–H groups in total. The predicted molar refractivity (Wildman–Crippen MR) is 79.3 cm³/mol. The van der Waals surface area contributed by atoms with E-state index in [2.05, 4.69) is 9.71 Å². The molecular formula is C12H14ClN3O3S2. The van der Waals surface area contributed by atoms with Crippen LogP contribution in [0.25, 0.3) is 4.96 Å². The second-order valence-electron chi connectivity index (χ2n) is 5.45. The molecule has 0 bridgehead atoms. The molecule has 21 heavy (non-hydrogen) atoms. The molecule has 9 heteroatoms. The molecule has 1 saturated heterocycles. The fourth-order valence-corrected chi connectivity index (χ4v) is 5.59. The third-order valence-electron chi connectivity index (χ3n) is 3.96. The van der Waals surface area contributed by atoms with E-state index in [0.29, 0.717) is 23.9 Å². The fourth-order valence-electron chi connectivity index (χ4n) is 2.86. The monoisotopic (exact) mass is 347 g/mol. The van der Waals surface area contributed by atoms with Crippen LogP contribution in [0.15, 0.2) is 16.6 Å². The summed E-state index contributed by atoms with van der Waals surface area (Å²) in [5.74, 6) is 0.488. The van der Waals surface area contributed by atoms with Crippen molar-refractivity contribution in [2.24, 2.45) is 5.92 Å². The van der Waals surface area contributed by atoms with Crippen molar-refractivity contribution in [2.75, 3.05) is 6.61 Å². The lowest BCUT2D eigenvalue weighted by Gasteiger charge is -2.19. The number of thiazole rings is 1. The molecule has 0 amide bonds. The lowest BCUT2D eigenvalue weighted by atomic mass is 10.1. The molecule has 2 unspecified atom stereocenters. The van der Waals surface area contributed by atoms with E-state index in [1.807, 2.05) is 0 Å². The summed E-state index contributed by atoms with van der Waals surface area (Å²) in [5.41, 5.74) is 0. The smallest absolute Gasteiger partial charge is 0.260 e. The fraction of sp³-hybridized carbons (Fsp3) is 0.583. The summed E-state index contributed by atoms with van der Waals surface area (Å²) in [7, 11) is -3.72. The van der Waals surface area contributed by atoms with Gasteiger partial charge in [-0.3, -0.25) is 4.40 Å². The van der Waals surface area contributed by atoms with Gasteiger partial charge in [-0.1, -0.05) is 11.6 Å². The van der Waals surface area contributed by atoms with Crippen LogP contribution in [0.5, 0.6) is 0 Å². The third-order valence-corrected chi connectivity index (χ3v) is 6.61. The van der Waals surface area contributed by atoms with Crippen LogP contribution in [0.3, 0.4) is 0 Å². The van der Waals surface area contributed by atoms with Crippen molar-refractivity contribution in [2.45, 2.75) is 36.4 Å². The van der Waals surface area contributed by atoms with Crippen LogP contribution >= 0.6 is 22.9 Å². The SMILES string of the molecule is O=S(=O)(NC1CCOC1C1CC1)c1c(Cl)nc2sccn12. The minimum atomic E-state index is -3.72. The minimum Gasteiger partial charge on any atom is -0.376 e. The van der Waals surface area contributed by atoms with Gasteiger partial charge in [0.05, 0.1) is 12.1 Å². The topological polar surface area (TPSA) is 72.7 Å². The maximum atomic E-state index is 12.7. The molecule has 0 aromatic carbocycles. The average molecular weight is 348 g/mol. The van der Waals surface area contributed by atoms with E-state index in [1.54, 1.807) is 11.6 Å². The Balaban J connectivity index is 1.66.